The average molecular weight is 589 g/mol. The van der Waals surface area contributed by atoms with Gasteiger partial charge >= 0.3 is 6.18 Å². The Kier molecular flexibility index (Phi) is 7.68. The third-order valence-corrected chi connectivity index (χ3v) is 8.18. The van der Waals surface area contributed by atoms with Crippen molar-refractivity contribution in [2.45, 2.75) is 38.0 Å². The number of nitrogens with one attached hydrogen (secondary N) is 1. The molecular formula is C33H31F3N4O3. The molecule has 0 saturated carbocycles. The van der Waals surface area contributed by atoms with Crippen LogP contribution in [-0.2, 0) is 18.2 Å². The summed E-state index contributed by atoms with van der Waals surface area (Å²) in [5.41, 5.74) is 2.07. The number of fused-ring (bicyclic) bond motifs is 2. The van der Waals surface area contributed by atoms with Gasteiger partial charge in [-0.2, -0.15) is 13.2 Å². The van der Waals surface area contributed by atoms with Gasteiger partial charge in [0.05, 0.1) is 23.6 Å². The largest absolute Gasteiger partial charge is 0.488 e. The van der Waals surface area contributed by atoms with Crippen LogP contribution in [0.2, 0.25) is 0 Å². The van der Waals surface area contributed by atoms with Gasteiger partial charge in [-0.1, -0.05) is 42.5 Å². The van der Waals surface area contributed by atoms with Crippen LogP contribution in [0.5, 0.6) is 11.6 Å². The second kappa shape index (κ2) is 11.6. The summed E-state index contributed by atoms with van der Waals surface area (Å²) in [6.45, 7) is 3.49. The van der Waals surface area contributed by atoms with Crippen LogP contribution >= 0.6 is 0 Å². The molecule has 222 valence electrons. The molecule has 2 aliphatic rings. The van der Waals surface area contributed by atoms with E-state index in [1.54, 1.807) is 23.2 Å². The molecule has 0 bridgehead atoms. The molecule has 4 aromatic rings. The second-order valence-corrected chi connectivity index (χ2v) is 10.8. The van der Waals surface area contributed by atoms with Gasteiger partial charge in [0.1, 0.15) is 23.6 Å². The van der Waals surface area contributed by atoms with E-state index in [0.29, 0.717) is 61.9 Å². The van der Waals surface area contributed by atoms with Gasteiger partial charge in [0.2, 0.25) is 5.88 Å². The minimum Gasteiger partial charge on any atom is -0.488 e. The molecule has 0 unspecified atom stereocenters. The highest BCUT2D eigenvalue weighted by Crippen LogP contribution is 2.46. The third kappa shape index (κ3) is 5.61. The first kappa shape index (κ1) is 28.5. The van der Waals surface area contributed by atoms with Crippen LogP contribution in [0, 0.1) is 0 Å². The minimum absolute atomic E-state index is 0.0348. The first-order chi connectivity index (χ1) is 20.8. The number of piperidine rings is 1. The van der Waals surface area contributed by atoms with Gasteiger partial charge in [0.15, 0.2) is 0 Å². The van der Waals surface area contributed by atoms with Crippen LogP contribution in [-0.4, -0.2) is 42.1 Å². The fraction of sp³-hybridized carbons (Fsp3) is 0.303. The van der Waals surface area contributed by atoms with Crippen LogP contribution < -0.4 is 19.7 Å². The quantitative estimate of drug-likeness (QED) is 0.269. The molecule has 1 amide bonds. The highest BCUT2D eigenvalue weighted by Gasteiger charge is 2.45. The number of hydrogen-bond donors (Lipinski definition) is 1. The zero-order chi connectivity index (χ0) is 30.0. The zero-order valence-corrected chi connectivity index (χ0v) is 23.7. The lowest BCUT2D eigenvalue weighted by atomic mass is 9.70. The molecule has 10 heteroatoms. The van der Waals surface area contributed by atoms with E-state index in [1.165, 1.54) is 12.1 Å². The molecule has 43 heavy (non-hydrogen) atoms. The smallest absolute Gasteiger partial charge is 0.421 e. The monoisotopic (exact) mass is 588 g/mol. The van der Waals surface area contributed by atoms with Crippen molar-refractivity contribution in [3.8, 4) is 22.9 Å². The first-order valence-electron chi connectivity index (χ1n) is 14.3. The SMILES string of the molecule is CCOc1ncccc1-c1ccc2c(n1)C(=O)NCC21CCN(c2cccc(OCc3ccccc3)c2C(F)(F)F)CC1. The Balaban J connectivity index is 1.27. The summed E-state index contributed by atoms with van der Waals surface area (Å²) in [4.78, 5) is 23.8. The average Bonchev–Trinajstić information content (AvgIpc) is 3.02. The second-order valence-electron chi connectivity index (χ2n) is 10.8. The molecule has 1 fully saturated rings. The number of ether oxygens (including phenoxy) is 2. The maximum atomic E-state index is 14.5. The Morgan fingerprint density at radius 2 is 1.74 bits per heavy atom. The molecule has 1 N–H and O–H groups in total. The van der Waals surface area contributed by atoms with E-state index in [1.807, 2.05) is 55.5 Å². The Morgan fingerprint density at radius 3 is 2.49 bits per heavy atom. The van der Waals surface area contributed by atoms with Crippen LogP contribution in [0.4, 0.5) is 18.9 Å². The number of alkyl halides is 3. The van der Waals surface area contributed by atoms with E-state index < -0.39 is 17.2 Å². The number of halogens is 3. The number of carbonyl (C=O) groups excluding carboxylic acids is 1. The van der Waals surface area contributed by atoms with Gasteiger partial charge < -0.3 is 19.7 Å². The van der Waals surface area contributed by atoms with Crippen molar-refractivity contribution in [2.75, 3.05) is 31.1 Å². The van der Waals surface area contributed by atoms with E-state index in [-0.39, 0.29) is 24.0 Å². The summed E-state index contributed by atoms with van der Waals surface area (Å²) in [6.07, 6.45) is -1.87. The van der Waals surface area contributed by atoms with Crippen molar-refractivity contribution in [1.29, 1.82) is 0 Å². The van der Waals surface area contributed by atoms with E-state index in [2.05, 4.69) is 10.3 Å². The number of hydrogen-bond acceptors (Lipinski definition) is 6. The number of anilines is 1. The Morgan fingerprint density at radius 1 is 0.953 bits per heavy atom. The third-order valence-electron chi connectivity index (χ3n) is 8.18. The van der Waals surface area contributed by atoms with Crippen LogP contribution in [0.25, 0.3) is 11.3 Å². The standard InChI is InChI=1S/C33H31F3N4O3/c1-2-42-31-23(10-7-17-37-31)25-14-13-24-29(39-25)30(41)38-21-32(24)15-18-40(19-16-32)26-11-6-12-27(28(26)33(34,35)36)43-20-22-8-4-3-5-9-22/h3-14,17H,2,15-16,18-21H2,1H3,(H,38,41). The van der Waals surface area contributed by atoms with E-state index >= 15 is 0 Å². The van der Waals surface area contributed by atoms with Gasteiger partial charge in [-0.15, -0.1) is 0 Å². The lowest BCUT2D eigenvalue weighted by Gasteiger charge is -2.45. The summed E-state index contributed by atoms with van der Waals surface area (Å²) < 4.78 is 54.7. The number of carbonyl (C=O) groups is 1. The van der Waals surface area contributed by atoms with Gasteiger partial charge in [-0.05, 0) is 61.2 Å². The number of benzene rings is 2. The van der Waals surface area contributed by atoms with E-state index in [0.717, 1.165) is 11.1 Å². The van der Waals surface area contributed by atoms with E-state index in [9.17, 15) is 18.0 Å². The topological polar surface area (TPSA) is 76.6 Å². The summed E-state index contributed by atoms with van der Waals surface area (Å²) in [5.74, 6) is -0.0236. The maximum absolute atomic E-state index is 14.5. The summed E-state index contributed by atoms with van der Waals surface area (Å²) in [5, 5.41) is 2.98. The lowest BCUT2D eigenvalue weighted by Crippen LogP contribution is -2.53. The molecule has 4 heterocycles. The van der Waals surface area contributed by atoms with Crippen molar-refractivity contribution in [1.82, 2.24) is 15.3 Å². The minimum atomic E-state index is -4.60. The molecule has 2 aromatic carbocycles. The van der Waals surface area contributed by atoms with Crippen molar-refractivity contribution >= 4 is 11.6 Å². The molecular weight excluding hydrogens is 557 g/mol. The Hall–Kier alpha value is -4.60. The highest BCUT2D eigenvalue weighted by atomic mass is 19.4. The van der Waals surface area contributed by atoms with Crippen molar-refractivity contribution in [3.63, 3.8) is 0 Å². The summed E-state index contributed by atoms with van der Waals surface area (Å²) >= 11 is 0. The van der Waals surface area contributed by atoms with Crippen molar-refractivity contribution in [3.05, 3.63) is 101 Å². The van der Waals surface area contributed by atoms with Gasteiger partial charge in [-0.3, -0.25) is 4.79 Å². The van der Waals surface area contributed by atoms with Crippen LogP contribution in [0.15, 0.2) is 79.0 Å². The number of aromatic nitrogens is 2. The van der Waals surface area contributed by atoms with Crippen LogP contribution in [0.3, 0.4) is 0 Å². The van der Waals surface area contributed by atoms with Gasteiger partial charge in [0, 0.05) is 31.2 Å². The highest BCUT2D eigenvalue weighted by molar-refractivity contribution is 5.96. The molecule has 2 aromatic heterocycles. The summed E-state index contributed by atoms with van der Waals surface area (Å²) in [6, 6.07) is 21.0. The predicted molar refractivity (Wildman–Crippen MR) is 156 cm³/mol. The Labute approximate surface area is 247 Å². The molecule has 1 spiro atoms. The first-order valence-corrected chi connectivity index (χ1v) is 14.3. The molecule has 1 saturated heterocycles. The molecule has 0 radical (unpaired) electrons. The number of nitrogens with zero attached hydrogens (tertiary/aromatic N) is 3. The zero-order valence-electron chi connectivity index (χ0n) is 23.7. The fourth-order valence-electron chi connectivity index (χ4n) is 6.02. The maximum Gasteiger partial charge on any atom is 0.421 e. The molecule has 2 aliphatic heterocycles. The normalized spacial score (nSPS) is 16.0. The molecule has 0 atom stereocenters. The van der Waals surface area contributed by atoms with Gasteiger partial charge in [-0.25, -0.2) is 9.97 Å². The number of amides is 1. The summed E-state index contributed by atoms with van der Waals surface area (Å²) in [7, 11) is 0. The van der Waals surface area contributed by atoms with Crippen molar-refractivity contribution in [2.24, 2.45) is 0 Å². The molecule has 6 rings (SSSR count). The Bertz CT molecular complexity index is 1620. The van der Waals surface area contributed by atoms with Crippen LogP contribution in [0.1, 0.15) is 46.9 Å². The van der Waals surface area contributed by atoms with Gasteiger partial charge in [0.25, 0.3) is 5.91 Å². The number of pyridine rings is 2. The fourth-order valence-corrected chi connectivity index (χ4v) is 6.02. The van der Waals surface area contributed by atoms with Crippen molar-refractivity contribution < 1.29 is 27.4 Å². The lowest BCUT2D eigenvalue weighted by molar-refractivity contribution is -0.138. The van der Waals surface area contributed by atoms with E-state index in [4.69, 9.17) is 14.5 Å². The predicted octanol–water partition coefficient (Wildman–Crippen LogP) is 6.42. The number of rotatable bonds is 7. The molecule has 7 nitrogen and oxygen atoms in total. The molecule has 0 aliphatic carbocycles.